The molecule has 0 N–H and O–H groups in total. The summed E-state index contributed by atoms with van der Waals surface area (Å²) in [4.78, 5) is 24.3. The van der Waals surface area contributed by atoms with Gasteiger partial charge >= 0.3 is 0 Å². The zero-order chi connectivity index (χ0) is 16.4. The molecule has 0 bridgehead atoms. The summed E-state index contributed by atoms with van der Waals surface area (Å²) in [5, 5.41) is 0. The maximum absolute atomic E-state index is 12.2. The van der Waals surface area contributed by atoms with Crippen molar-refractivity contribution in [1.29, 1.82) is 0 Å². The number of rotatable bonds is 0. The Balaban J connectivity index is 1.81. The first-order valence-corrected chi connectivity index (χ1v) is 9.28. The first kappa shape index (κ1) is 15.4. The minimum Gasteiger partial charge on any atom is -0.300 e. The molecule has 0 saturated heterocycles. The Labute approximate surface area is 139 Å². The third-order valence-corrected chi connectivity index (χ3v) is 7.66. The molecule has 0 heterocycles. The highest BCUT2D eigenvalue weighted by molar-refractivity contribution is 5.91. The van der Waals surface area contributed by atoms with Gasteiger partial charge in [-0.05, 0) is 72.8 Å². The first-order chi connectivity index (χ1) is 10.8. The van der Waals surface area contributed by atoms with Gasteiger partial charge < -0.3 is 0 Å². The van der Waals surface area contributed by atoms with Gasteiger partial charge in [-0.3, -0.25) is 9.59 Å². The molecule has 124 valence electrons. The molecule has 4 aliphatic carbocycles. The molecule has 0 aromatic carbocycles. The number of ketones is 2. The molecule has 0 aromatic rings. The minimum atomic E-state index is 0.128. The van der Waals surface area contributed by atoms with Crippen LogP contribution in [0.5, 0.6) is 0 Å². The maximum atomic E-state index is 12.2. The lowest BCUT2D eigenvalue weighted by molar-refractivity contribution is -0.118. The predicted molar refractivity (Wildman–Crippen MR) is 90.9 cm³/mol. The fourth-order valence-electron chi connectivity index (χ4n) is 6.41. The lowest BCUT2D eigenvalue weighted by atomic mass is 9.49. The summed E-state index contributed by atoms with van der Waals surface area (Å²) in [6.45, 7) is 6.97. The summed E-state index contributed by atoms with van der Waals surface area (Å²) < 4.78 is 0. The van der Waals surface area contributed by atoms with Gasteiger partial charge in [-0.15, -0.1) is 0 Å². The molecule has 2 heteroatoms. The number of hydrogen-bond donors (Lipinski definition) is 0. The van der Waals surface area contributed by atoms with Crippen molar-refractivity contribution < 1.29 is 9.59 Å². The van der Waals surface area contributed by atoms with Crippen molar-refractivity contribution in [1.82, 2.24) is 0 Å². The molecule has 5 atom stereocenters. The molecule has 4 aliphatic rings. The Morgan fingerprint density at radius 1 is 1.09 bits per heavy atom. The summed E-state index contributed by atoms with van der Waals surface area (Å²) in [6.07, 6.45) is 11.0. The second-order valence-electron chi connectivity index (χ2n) is 9.08. The van der Waals surface area contributed by atoms with Crippen molar-refractivity contribution in [3.8, 4) is 0 Å². The Morgan fingerprint density at radius 3 is 2.65 bits per heavy atom. The van der Waals surface area contributed by atoms with Crippen LogP contribution in [-0.4, -0.2) is 11.6 Å². The van der Waals surface area contributed by atoms with Crippen molar-refractivity contribution in [3.05, 3.63) is 23.3 Å². The second-order valence-corrected chi connectivity index (χ2v) is 9.08. The van der Waals surface area contributed by atoms with Gasteiger partial charge in [0.15, 0.2) is 5.78 Å². The van der Waals surface area contributed by atoms with Crippen LogP contribution in [0.2, 0.25) is 0 Å². The number of carbonyl (C=O) groups excluding carboxylic acids is 2. The van der Waals surface area contributed by atoms with Crippen LogP contribution in [-0.2, 0) is 9.59 Å². The zero-order valence-corrected chi connectivity index (χ0v) is 14.7. The van der Waals surface area contributed by atoms with E-state index in [2.05, 4.69) is 26.8 Å². The lowest BCUT2D eigenvalue weighted by Crippen LogP contribution is -2.47. The molecule has 2 saturated carbocycles. The van der Waals surface area contributed by atoms with Gasteiger partial charge in [0.05, 0.1) is 0 Å². The largest absolute Gasteiger partial charge is 0.300 e. The fourth-order valence-corrected chi connectivity index (χ4v) is 6.41. The number of Topliss-reactive ketones (excluding diaryl/α,β-unsaturated/α-hetero) is 1. The van der Waals surface area contributed by atoms with Crippen molar-refractivity contribution in [3.63, 3.8) is 0 Å². The molecule has 2 fully saturated rings. The van der Waals surface area contributed by atoms with Gasteiger partial charge in [0, 0.05) is 19.3 Å². The highest BCUT2D eigenvalue weighted by Gasteiger charge is 2.57. The SMILES string of the molecule is CC1=CC2=CC(=O)CCC[C@]2(C)C2CC[C@]3(C)CC(=O)CC3C12. The molecule has 0 aliphatic heterocycles. The maximum Gasteiger partial charge on any atom is 0.155 e. The third-order valence-electron chi connectivity index (χ3n) is 7.66. The van der Waals surface area contributed by atoms with E-state index in [0.29, 0.717) is 35.7 Å². The molecular formula is C21H28O2. The van der Waals surface area contributed by atoms with Crippen LogP contribution in [0.15, 0.2) is 23.3 Å². The van der Waals surface area contributed by atoms with Crippen molar-refractivity contribution in [2.45, 2.75) is 65.7 Å². The standard InChI is InChI=1S/C21H28O2/c1-13-9-14-10-15(22)5-4-7-21(14,3)17-6-8-20(2)12-16(23)11-18(20)19(13)17/h9-10,17-19H,4-8,11-12H2,1-3H3/t17?,18?,19?,20-,21+/m1/s1. The van der Waals surface area contributed by atoms with Crippen LogP contribution in [0.1, 0.15) is 65.7 Å². The molecule has 23 heavy (non-hydrogen) atoms. The van der Waals surface area contributed by atoms with Crippen LogP contribution >= 0.6 is 0 Å². The normalized spacial score (nSPS) is 46.3. The first-order valence-electron chi connectivity index (χ1n) is 9.28. The van der Waals surface area contributed by atoms with E-state index in [1.807, 2.05) is 6.08 Å². The van der Waals surface area contributed by atoms with Crippen LogP contribution in [0.25, 0.3) is 0 Å². The lowest BCUT2D eigenvalue weighted by Gasteiger charge is -2.55. The molecular weight excluding hydrogens is 284 g/mol. The number of fused-ring (bicyclic) bond motifs is 5. The Kier molecular flexibility index (Phi) is 3.28. The van der Waals surface area contributed by atoms with Crippen molar-refractivity contribution in [2.24, 2.45) is 28.6 Å². The van der Waals surface area contributed by atoms with Gasteiger partial charge in [-0.2, -0.15) is 0 Å². The van der Waals surface area contributed by atoms with E-state index >= 15 is 0 Å². The zero-order valence-electron chi connectivity index (χ0n) is 14.7. The number of allylic oxidation sites excluding steroid dienone is 4. The van der Waals surface area contributed by atoms with Crippen molar-refractivity contribution in [2.75, 3.05) is 0 Å². The van der Waals surface area contributed by atoms with E-state index in [0.717, 1.165) is 25.7 Å². The summed E-state index contributed by atoms with van der Waals surface area (Å²) >= 11 is 0. The molecule has 0 radical (unpaired) electrons. The van der Waals surface area contributed by atoms with Crippen LogP contribution < -0.4 is 0 Å². The van der Waals surface area contributed by atoms with E-state index in [1.54, 1.807) is 0 Å². The Morgan fingerprint density at radius 2 is 1.87 bits per heavy atom. The monoisotopic (exact) mass is 312 g/mol. The molecule has 0 amide bonds. The minimum absolute atomic E-state index is 0.128. The Bertz CT molecular complexity index is 640. The summed E-state index contributed by atoms with van der Waals surface area (Å²) in [6, 6.07) is 0. The number of carbonyl (C=O) groups is 2. The van der Waals surface area contributed by atoms with E-state index in [-0.39, 0.29) is 10.8 Å². The quantitative estimate of drug-likeness (QED) is 0.653. The number of hydrogen-bond acceptors (Lipinski definition) is 2. The van der Waals surface area contributed by atoms with Gasteiger partial charge in [0.1, 0.15) is 5.78 Å². The van der Waals surface area contributed by atoms with Crippen molar-refractivity contribution >= 4 is 11.6 Å². The van der Waals surface area contributed by atoms with E-state index in [4.69, 9.17) is 0 Å². The predicted octanol–water partition coefficient (Wildman–Crippen LogP) is 4.64. The molecule has 3 unspecified atom stereocenters. The van der Waals surface area contributed by atoms with Crippen LogP contribution in [0.4, 0.5) is 0 Å². The average molecular weight is 312 g/mol. The topological polar surface area (TPSA) is 34.1 Å². The van der Waals surface area contributed by atoms with E-state index in [1.165, 1.54) is 24.0 Å². The molecule has 4 rings (SSSR count). The fraction of sp³-hybridized carbons (Fsp3) is 0.714. The molecule has 0 aromatic heterocycles. The average Bonchev–Trinajstić information content (AvgIpc) is 2.69. The summed E-state index contributed by atoms with van der Waals surface area (Å²) in [7, 11) is 0. The van der Waals surface area contributed by atoms with E-state index in [9.17, 15) is 9.59 Å². The van der Waals surface area contributed by atoms with E-state index < -0.39 is 0 Å². The van der Waals surface area contributed by atoms with Gasteiger partial charge in [0.25, 0.3) is 0 Å². The highest BCUT2D eigenvalue weighted by Crippen LogP contribution is 2.64. The highest BCUT2D eigenvalue weighted by atomic mass is 16.1. The molecule has 2 nitrogen and oxygen atoms in total. The second kappa shape index (κ2) is 4.91. The van der Waals surface area contributed by atoms with Crippen LogP contribution in [0.3, 0.4) is 0 Å². The van der Waals surface area contributed by atoms with Gasteiger partial charge in [0.2, 0.25) is 0 Å². The third kappa shape index (κ3) is 2.13. The summed E-state index contributed by atoms with van der Waals surface area (Å²) in [5.74, 6) is 2.42. The molecule has 0 spiro atoms. The smallest absolute Gasteiger partial charge is 0.155 e. The Hall–Kier alpha value is -1.18. The van der Waals surface area contributed by atoms with Gasteiger partial charge in [-0.1, -0.05) is 25.5 Å². The van der Waals surface area contributed by atoms with Gasteiger partial charge in [-0.25, -0.2) is 0 Å². The van der Waals surface area contributed by atoms with Crippen LogP contribution in [0, 0.1) is 28.6 Å². The summed E-state index contributed by atoms with van der Waals surface area (Å²) in [5.41, 5.74) is 3.03.